The summed E-state index contributed by atoms with van der Waals surface area (Å²) in [7, 11) is 0. The topological polar surface area (TPSA) is 52.0 Å². The summed E-state index contributed by atoms with van der Waals surface area (Å²) in [5.41, 5.74) is 11.8. The van der Waals surface area contributed by atoms with Crippen LogP contribution in [-0.4, -0.2) is 21.1 Å². The number of aryl methyl sites for hydroxylation is 5. The molecule has 5 heteroatoms. The summed E-state index contributed by atoms with van der Waals surface area (Å²) in [4.78, 5) is 9.74. The van der Waals surface area contributed by atoms with Crippen molar-refractivity contribution in [3.05, 3.63) is 94.5 Å². The van der Waals surface area contributed by atoms with Crippen LogP contribution in [-0.2, 0) is 37.2 Å². The Balaban J connectivity index is 1.41. The fourth-order valence-corrected chi connectivity index (χ4v) is 4.88. The zero-order valence-corrected chi connectivity index (χ0v) is 20.3. The second-order valence-electron chi connectivity index (χ2n) is 9.13. The van der Waals surface area contributed by atoms with E-state index in [1.807, 2.05) is 0 Å². The number of hydrogen-bond acceptors (Lipinski definition) is 4. The van der Waals surface area contributed by atoms with Crippen LogP contribution in [0.5, 0.6) is 0 Å². The molecule has 2 aromatic carbocycles. The lowest BCUT2D eigenvalue weighted by molar-refractivity contribution is 0.149. The number of hydrogen-bond donors (Lipinski definition) is 1. The van der Waals surface area contributed by atoms with Gasteiger partial charge in [-0.05, 0) is 72.7 Å². The highest BCUT2D eigenvalue weighted by Crippen LogP contribution is 2.32. The first-order valence-corrected chi connectivity index (χ1v) is 12.1. The van der Waals surface area contributed by atoms with E-state index >= 15 is 0 Å². The number of ether oxygens (including phenoxy) is 1. The van der Waals surface area contributed by atoms with Crippen LogP contribution in [0.4, 0.5) is 11.4 Å². The van der Waals surface area contributed by atoms with Crippen molar-refractivity contribution in [2.75, 3.05) is 11.9 Å². The molecule has 4 aromatic rings. The van der Waals surface area contributed by atoms with E-state index in [-0.39, 0.29) is 0 Å². The van der Waals surface area contributed by atoms with E-state index in [9.17, 15) is 0 Å². The molecular weight excluding hydrogens is 420 g/mol. The summed E-state index contributed by atoms with van der Waals surface area (Å²) in [6.07, 6.45) is 4.67. The van der Waals surface area contributed by atoms with Crippen LogP contribution in [0, 0.1) is 13.8 Å². The van der Waals surface area contributed by atoms with Crippen LogP contribution in [0.15, 0.2) is 55.1 Å². The third kappa shape index (κ3) is 4.36. The molecule has 0 fully saturated rings. The maximum Gasteiger partial charge on any atom is 0.160 e. The maximum absolute atomic E-state index is 5.63. The van der Waals surface area contributed by atoms with Crippen LogP contribution < -0.4 is 5.32 Å². The molecule has 0 amide bonds. The number of imidazole rings is 1. The Morgan fingerprint density at radius 1 is 1.00 bits per heavy atom. The number of anilines is 2. The van der Waals surface area contributed by atoms with Crippen molar-refractivity contribution in [2.45, 2.75) is 53.2 Å². The summed E-state index contributed by atoms with van der Waals surface area (Å²) < 4.78 is 7.91. The Kier molecular flexibility index (Phi) is 6.20. The number of rotatable bonds is 7. The highest BCUT2D eigenvalue weighted by atomic mass is 16.5. The lowest BCUT2D eigenvalue weighted by Crippen LogP contribution is -2.06. The number of nitrogens with zero attached hydrogens (tertiary/aromatic N) is 3. The third-order valence-electron chi connectivity index (χ3n) is 6.53. The van der Waals surface area contributed by atoms with Crippen LogP contribution in [0.3, 0.4) is 0 Å². The van der Waals surface area contributed by atoms with Gasteiger partial charge in [0.1, 0.15) is 11.3 Å². The largest absolute Gasteiger partial charge is 0.373 e. The molecule has 0 spiro atoms. The molecule has 0 bridgehead atoms. The summed E-state index contributed by atoms with van der Waals surface area (Å²) in [5, 5.41) is 3.66. The Hall–Kier alpha value is -3.44. The summed E-state index contributed by atoms with van der Waals surface area (Å²) >= 11 is 0. The van der Waals surface area contributed by atoms with Crippen LogP contribution in [0.25, 0.3) is 11.2 Å². The predicted octanol–water partition coefficient (Wildman–Crippen LogP) is 6.20. The van der Waals surface area contributed by atoms with Gasteiger partial charge in [0.25, 0.3) is 0 Å². The van der Waals surface area contributed by atoms with E-state index in [0.29, 0.717) is 13.2 Å². The number of nitrogens with one attached hydrogen (secondary N) is 1. The average Bonchev–Trinajstić information content (AvgIpc) is 3.06. The van der Waals surface area contributed by atoms with E-state index in [1.54, 1.807) is 6.08 Å². The Bertz CT molecular complexity index is 1370. The molecule has 3 heterocycles. The van der Waals surface area contributed by atoms with Gasteiger partial charge in [-0.25, -0.2) is 9.97 Å². The first kappa shape index (κ1) is 22.4. The van der Waals surface area contributed by atoms with Crippen molar-refractivity contribution >= 4 is 22.5 Å². The van der Waals surface area contributed by atoms with Gasteiger partial charge in [0, 0.05) is 23.5 Å². The van der Waals surface area contributed by atoms with Crippen molar-refractivity contribution in [3.8, 4) is 0 Å². The molecular formula is C29H32N4O. The van der Waals surface area contributed by atoms with Crippen molar-refractivity contribution in [1.82, 2.24) is 14.5 Å². The van der Waals surface area contributed by atoms with Gasteiger partial charge in [-0.15, -0.1) is 6.58 Å². The van der Waals surface area contributed by atoms with Crippen LogP contribution in [0.1, 0.15) is 46.3 Å². The fraction of sp³-hybridized carbons (Fsp3) is 0.310. The second-order valence-corrected chi connectivity index (χ2v) is 9.13. The smallest absolute Gasteiger partial charge is 0.160 e. The molecule has 1 aliphatic rings. The van der Waals surface area contributed by atoms with Gasteiger partial charge >= 0.3 is 0 Å². The molecule has 2 aromatic heterocycles. The van der Waals surface area contributed by atoms with E-state index in [0.717, 1.165) is 48.5 Å². The minimum atomic E-state index is 0.574. The molecule has 0 saturated heterocycles. The van der Waals surface area contributed by atoms with Gasteiger partial charge in [0.2, 0.25) is 0 Å². The standard InChI is InChI=1S/C29H32N4O/c1-5-13-34-18-22-8-12-26-24(16-22)10-9-23-15-21(7-11-25(23)31-26)17-33-27(6-2)32-28-19(3)14-20(4)30-29(28)33/h5,7-8,11-12,14-16,31H,1,6,9-10,13,17-18H2,2-4H3. The van der Waals surface area contributed by atoms with Gasteiger partial charge in [0.15, 0.2) is 5.65 Å². The Morgan fingerprint density at radius 2 is 1.71 bits per heavy atom. The van der Waals surface area contributed by atoms with Gasteiger partial charge < -0.3 is 14.6 Å². The van der Waals surface area contributed by atoms with Crippen molar-refractivity contribution in [3.63, 3.8) is 0 Å². The molecule has 0 aliphatic carbocycles. The van der Waals surface area contributed by atoms with Crippen molar-refractivity contribution in [1.29, 1.82) is 0 Å². The van der Waals surface area contributed by atoms with Crippen molar-refractivity contribution < 1.29 is 4.74 Å². The van der Waals surface area contributed by atoms with Crippen molar-refractivity contribution in [2.24, 2.45) is 0 Å². The first-order chi connectivity index (χ1) is 16.6. The second kappa shape index (κ2) is 9.43. The molecule has 0 unspecified atom stereocenters. The summed E-state index contributed by atoms with van der Waals surface area (Å²) in [5.74, 6) is 1.09. The van der Waals surface area contributed by atoms with E-state index in [2.05, 4.69) is 79.7 Å². The fourth-order valence-electron chi connectivity index (χ4n) is 4.88. The monoisotopic (exact) mass is 452 g/mol. The van der Waals surface area contributed by atoms with E-state index < -0.39 is 0 Å². The zero-order valence-electron chi connectivity index (χ0n) is 20.3. The molecule has 5 rings (SSSR count). The lowest BCUT2D eigenvalue weighted by Gasteiger charge is -2.13. The van der Waals surface area contributed by atoms with E-state index in [1.165, 1.54) is 39.2 Å². The molecule has 0 atom stereocenters. The summed E-state index contributed by atoms with van der Waals surface area (Å²) in [6.45, 7) is 12.0. The van der Waals surface area contributed by atoms with Crippen LogP contribution in [0.2, 0.25) is 0 Å². The van der Waals surface area contributed by atoms with Gasteiger partial charge in [-0.1, -0.05) is 37.3 Å². The molecule has 0 radical (unpaired) electrons. The molecule has 1 aliphatic heterocycles. The van der Waals surface area contributed by atoms with Gasteiger partial charge in [-0.2, -0.15) is 0 Å². The minimum absolute atomic E-state index is 0.574. The molecule has 0 saturated carbocycles. The van der Waals surface area contributed by atoms with Crippen LogP contribution >= 0.6 is 0 Å². The van der Waals surface area contributed by atoms with Gasteiger partial charge in [0.05, 0.1) is 19.8 Å². The third-order valence-corrected chi connectivity index (χ3v) is 6.53. The number of fused-ring (bicyclic) bond motifs is 3. The van der Waals surface area contributed by atoms with E-state index in [4.69, 9.17) is 14.7 Å². The van der Waals surface area contributed by atoms with Gasteiger partial charge in [-0.3, -0.25) is 0 Å². The summed E-state index contributed by atoms with van der Waals surface area (Å²) in [6, 6.07) is 15.5. The molecule has 34 heavy (non-hydrogen) atoms. The highest BCUT2D eigenvalue weighted by molar-refractivity contribution is 5.76. The molecule has 5 nitrogen and oxygen atoms in total. The molecule has 1 N–H and O–H groups in total. The lowest BCUT2D eigenvalue weighted by atomic mass is 10.0. The predicted molar refractivity (Wildman–Crippen MR) is 139 cm³/mol. The quantitative estimate of drug-likeness (QED) is 0.268. The zero-order chi connectivity index (χ0) is 23.7. The Morgan fingerprint density at radius 3 is 2.41 bits per heavy atom. The highest BCUT2D eigenvalue weighted by Gasteiger charge is 2.17. The maximum atomic E-state index is 5.63. The number of pyridine rings is 1. The SMILES string of the molecule is C=CCOCc1ccc2c(c1)CCc1cc(Cn3c(CC)nc4c(C)cc(C)nc43)ccc1N2. The Labute approximate surface area is 201 Å². The first-order valence-electron chi connectivity index (χ1n) is 12.1. The molecule has 174 valence electrons. The number of benzene rings is 2. The normalized spacial score (nSPS) is 12.7. The minimum Gasteiger partial charge on any atom is -0.373 e. The average molecular weight is 453 g/mol. The number of aromatic nitrogens is 3.